The lowest BCUT2D eigenvalue weighted by atomic mass is 10.1. The maximum absolute atomic E-state index is 12.8. The van der Waals surface area contributed by atoms with Gasteiger partial charge in [0.1, 0.15) is 10.8 Å². The highest BCUT2D eigenvalue weighted by atomic mass is 35.5. The van der Waals surface area contributed by atoms with Crippen molar-refractivity contribution in [2.75, 3.05) is 6.61 Å². The molecule has 0 aliphatic heterocycles. The Morgan fingerprint density at radius 3 is 2.48 bits per heavy atom. The molecule has 0 fully saturated rings. The van der Waals surface area contributed by atoms with E-state index in [1.54, 1.807) is 25.1 Å². The van der Waals surface area contributed by atoms with Crippen LogP contribution in [0.2, 0.25) is 5.15 Å². The zero-order valence-electron chi connectivity index (χ0n) is 13.9. The molecule has 0 unspecified atom stereocenters. The van der Waals surface area contributed by atoms with Crippen molar-refractivity contribution in [1.29, 1.82) is 0 Å². The average Bonchev–Trinajstić information content (AvgIpc) is 3.06. The highest BCUT2D eigenvalue weighted by molar-refractivity contribution is 6.29. The number of halogens is 4. The first-order valence-electron chi connectivity index (χ1n) is 7.74. The fourth-order valence-corrected chi connectivity index (χ4v) is 2.52. The quantitative estimate of drug-likeness (QED) is 0.489. The Bertz CT molecular complexity index is 971. The van der Waals surface area contributed by atoms with Crippen molar-refractivity contribution < 1.29 is 22.7 Å². The fraction of sp³-hybridized carbons (Fsp3) is 0.176. The second-order valence-electron chi connectivity index (χ2n) is 5.31. The van der Waals surface area contributed by atoms with Crippen LogP contribution < -0.4 is 0 Å². The molecule has 6 nitrogen and oxygen atoms in total. The van der Waals surface area contributed by atoms with Gasteiger partial charge in [-0.2, -0.15) is 13.2 Å². The van der Waals surface area contributed by atoms with Crippen LogP contribution in [0.4, 0.5) is 13.2 Å². The summed E-state index contributed by atoms with van der Waals surface area (Å²) in [7, 11) is 0. The van der Waals surface area contributed by atoms with Gasteiger partial charge in [-0.25, -0.2) is 14.5 Å². The molecule has 140 valence electrons. The lowest BCUT2D eigenvalue weighted by Crippen LogP contribution is -2.09. The highest BCUT2D eigenvalue weighted by Crippen LogP contribution is 2.31. The van der Waals surface area contributed by atoms with Crippen molar-refractivity contribution in [2.24, 2.45) is 0 Å². The monoisotopic (exact) mass is 396 g/mol. The summed E-state index contributed by atoms with van der Waals surface area (Å²) < 4.78 is 44.5. The van der Waals surface area contributed by atoms with E-state index in [1.165, 1.54) is 16.8 Å². The fourth-order valence-electron chi connectivity index (χ4n) is 2.36. The van der Waals surface area contributed by atoms with Crippen molar-refractivity contribution >= 4 is 17.6 Å². The minimum absolute atomic E-state index is 0.119. The summed E-state index contributed by atoms with van der Waals surface area (Å²) in [4.78, 5) is 16.3. The third-order valence-corrected chi connectivity index (χ3v) is 3.75. The third-order valence-electron chi connectivity index (χ3n) is 3.54. The maximum atomic E-state index is 12.8. The molecule has 10 heteroatoms. The predicted molar refractivity (Wildman–Crippen MR) is 90.6 cm³/mol. The van der Waals surface area contributed by atoms with Crippen molar-refractivity contribution in [1.82, 2.24) is 20.0 Å². The second-order valence-corrected chi connectivity index (χ2v) is 5.70. The molecule has 3 aromatic rings. The topological polar surface area (TPSA) is 69.9 Å². The molecule has 27 heavy (non-hydrogen) atoms. The normalized spacial score (nSPS) is 11.4. The molecular weight excluding hydrogens is 385 g/mol. The summed E-state index contributed by atoms with van der Waals surface area (Å²) in [6.07, 6.45) is -4.46. The number of carbonyl (C=O) groups is 1. The average molecular weight is 397 g/mol. The number of pyridine rings is 1. The van der Waals surface area contributed by atoms with Crippen LogP contribution >= 0.6 is 11.6 Å². The van der Waals surface area contributed by atoms with Gasteiger partial charge in [0.2, 0.25) is 5.69 Å². The Morgan fingerprint density at radius 1 is 1.19 bits per heavy atom. The third kappa shape index (κ3) is 3.92. The second kappa shape index (κ2) is 7.36. The maximum Gasteiger partial charge on any atom is 0.416 e. The first-order valence-corrected chi connectivity index (χ1v) is 8.12. The van der Waals surface area contributed by atoms with E-state index in [2.05, 4.69) is 15.3 Å². The van der Waals surface area contributed by atoms with Gasteiger partial charge in [0.15, 0.2) is 0 Å². The Labute approximate surface area is 156 Å². The largest absolute Gasteiger partial charge is 0.461 e. The van der Waals surface area contributed by atoms with Gasteiger partial charge in [-0.3, -0.25) is 0 Å². The Hall–Kier alpha value is -2.94. The minimum atomic E-state index is -4.46. The molecule has 0 saturated heterocycles. The summed E-state index contributed by atoms with van der Waals surface area (Å²) in [6.45, 7) is 1.75. The molecule has 0 N–H and O–H groups in total. The van der Waals surface area contributed by atoms with Gasteiger partial charge in [-0.1, -0.05) is 22.9 Å². The summed E-state index contributed by atoms with van der Waals surface area (Å²) in [5.41, 5.74) is -0.222. The molecule has 0 aliphatic rings. The van der Waals surface area contributed by atoms with Gasteiger partial charge in [0.05, 0.1) is 23.6 Å². The van der Waals surface area contributed by atoms with E-state index in [-0.39, 0.29) is 34.5 Å². The number of aromatic nitrogens is 4. The van der Waals surface area contributed by atoms with Crippen LogP contribution in [0.1, 0.15) is 23.0 Å². The van der Waals surface area contributed by atoms with Crippen LogP contribution in [0.25, 0.3) is 17.1 Å². The van der Waals surface area contributed by atoms with Crippen LogP contribution in [0, 0.1) is 0 Å². The SMILES string of the molecule is CCOC(=O)c1nnn(-c2ccc(C(F)(F)F)cc2)c1-c1cccc(Cl)n1. The molecule has 0 spiro atoms. The molecule has 0 radical (unpaired) electrons. The number of ether oxygens (including phenoxy) is 1. The number of hydrogen-bond donors (Lipinski definition) is 0. The zero-order chi connectivity index (χ0) is 19.6. The van der Waals surface area contributed by atoms with E-state index < -0.39 is 17.7 Å². The molecule has 0 bridgehead atoms. The minimum Gasteiger partial charge on any atom is -0.461 e. The molecule has 0 aliphatic carbocycles. The van der Waals surface area contributed by atoms with Crippen LogP contribution in [0.3, 0.4) is 0 Å². The molecular formula is C17H12ClF3N4O2. The lowest BCUT2D eigenvalue weighted by molar-refractivity contribution is -0.137. The summed E-state index contributed by atoms with van der Waals surface area (Å²) in [5.74, 6) is -0.729. The molecule has 0 saturated carbocycles. The summed E-state index contributed by atoms with van der Waals surface area (Å²) in [6, 6.07) is 9.01. The van der Waals surface area contributed by atoms with Gasteiger partial charge >= 0.3 is 12.1 Å². The summed E-state index contributed by atoms with van der Waals surface area (Å²) in [5, 5.41) is 7.88. The summed E-state index contributed by atoms with van der Waals surface area (Å²) >= 11 is 5.92. The van der Waals surface area contributed by atoms with E-state index in [0.717, 1.165) is 12.1 Å². The number of nitrogens with zero attached hydrogens (tertiary/aromatic N) is 4. The van der Waals surface area contributed by atoms with E-state index >= 15 is 0 Å². The van der Waals surface area contributed by atoms with Crippen molar-refractivity contribution in [3.8, 4) is 17.1 Å². The van der Waals surface area contributed by atoms with Crippen LogP contribution in [-0.2, 0) is 10.9 Å². The van der Waals surface area contributed by atoms with Crippen molar-refractivity contribution in [2.45, 2.75) is 13.1 Å². The molecule has 2 aromatic heterocycles. The molecule has 1 aromatic carbocycles. The first-order chi connectivity index (χ1) is 12.8. The van der Waals surface area contributed by atoms with Crippen LogP contribution in [0.15, 0.2) is 42.5 Å². The smallest absolute Gasteiger partial charge is 0.416 e. The van der Waals surface area contributed by atoms with Crippen molar-refractivity contribution in [3.05, 3.63) is 58.9 Å². The van der Waals surface area contributed by atoms with E-state index in [1.807, 2.05) is 0 Å². The number of hydrogen-bond acceptors (Lipinski definition) is 5. The number of benzene rings is 1. The van der Waals surface area contributed by atoms with Gasteiger partial charge in [-0.15, -0.1) is 5.10 Å². The molecule has 0 atom stereocenters. The Kier molecular flexibility index (Phi) is 5.13. The van der Waals surface area contributed by atoms with E-state index in [4.69, 9.17) is 16.3 Å². The van der Waals surface area contributed by atoms with Crippen molar-refractivity contribution in [3.63, 3.8) is 0 Å². The van der Waals surface area contributed by atoms with Gasteiger partial charge in [0.25, 0.3) is 0 Å². The lowest BCUT2D eigenvalue weighted by Gasteiger charge is -2.10. The highest BCUT2D eigenvalue weighted by Gasteiger charge is 2.30. The first kappa shape index (κ1) is 18.8. The van der Waals surface area contributed by atoms with Crippen LogP contribution in [0.5, 0.6) is 0 Å². The molecule has 3 rings (SSSR count). The molecule has 0 amide bonds. The van der Waals surface area contributed by atoms with Crippen LogP contribution in [-0.4, -0.2) is 32.6 Å². The number of rotatable bonds is 4. The zero-order valence-corrected chi connectivity index (χ0v) is 14.6. The van der Waals surface area contributed by atoms with Gasteiger partial charge < -0.3 is 4.74 Å². The van der Waals surface area contributed by atoms with Gasteiger partial charge in [-0.05, 0) is 43.3 Å². The van der Waals surface area contributed by atoms with Gasteiger partial charge in [0, 0.05) is 0 Å². The number of carbonyl (C=O) groups excluding carboxylic acids is 1. The number of alkyl halides is 3. The number of esters is 1. The standard InChI is InChI=1S/C17H12ClF3N4O2/c1-2-27-16(26)14-15(12-4-3-5-13(18)22-12)25(24-23-14)11-8-6-10(7-9-11)17(19,20)21/h3-9H,2H2,1H3. The Balaban J connectivity index is 2.14. The molecule has 2 heterocycles. The van der Waals surface area contributed by atoms with E-state index in [9.17, 15) is 18.0 Å². The van der Waals surface area contributed by atoms with E-state index in [0.29, 0.717) is 0 Å². The Morgan fingerprint density at radius 2 is 1.89 bits per heavy atom. The predicted octanol–water partition coefficient (Wildman–Crippen LogP) is 4.18.